The van der Waals surface area contributed by atoms with Crippen LogP contribution in [0, 0.1) is 0 Å². The van der Waals surface area contributed by atoms with Gasteiger partial charge in [-0.3, -0.25) is 4.79 Å². The van der Waals surface area contributed by atoms with Crippen molar-refractivity contribution in [2.75, 3.05) is 13.1 Å². The molecule has 2 aliphatic rings. The molecule has 1 fully saturated rings. The molecule has 5 heteroatoms. The third kappa shape index (κ3) is 2.36. The molecule has 3 rings (SSSR count). The van der Waals surface area contributed by atoms with Crippen LogP contribution in [0.1, 0.15) is 50.5 Å². The molecule has 0 N–H and O–H groups in total. The van der Waals surface area contributed by atoms with Crippen LogP contribution in [-0.4, -0.2) is 42.2 Å². The summed E-state index contributed by atoms with van der Waals surface area (Å²) in [4.78, 5) is 14.2. The number of carbonyl (C=O) groups excluding carboxylic acids is 1. The number of likely N-dealkylation sites (N-methyl/N-ethyl adjacent to an activating group) is 1. The zero-order valence-corrected chi connectivity index (χ0v) is 14.1. The van der Waals surface area contributed by atoms with E-state index >= 15 is 0 Å². The molecule has 2 heterocycles. The Labute approximate surface area is 132 Å². The summed E-state index contributed by atoms with van der Waals surface area (Å²) in [5.74, 6) is 0.129. The number of hydrogen-bond acceptors (Lipinski definition) is 3. The molecule has 1 aromatic rings. The summed E-state index contributed by atoms with van der Waals surface area (Å²) in [7, 11) is -0.366. The maximum absolute atomic E-state index is 12.3. The van der Waals surface area contributed by atoms with Gasteiger partial charge in [-0.1, -0.05) is 12.1 Å². The largest absolute Gasteiger partial charge is 0.494 e. The van der Waals surface area contributed by atoms with Gasteiger partial charge in [-0.15, -0.1) is 0 Å². The molecule has 0 spiro atoms. The summed E-state index contributed by atoms with van der Waals surface area (Å²) in [6, 6.07) is 5.94. The summed E-state index contributed by atoms with van der Waals surface area (Å²) >= 11 is 0. The molecule has 1 aromatic carbocycles. The predicted octanol–water partition coefficient (Wildman–Crippen LogP) is 2.00. The zero-order valence-electron chi connectivity index (χ0n) is 14.1. The van der Waals surface area contributed by atoms with Crippen LogP contribution in [0.2, 0.25) is 0 Å². The van der Waals surface area contributed by atoms with Gasteiger partial charge < -0.3 is 14.2 Å². The first kappa shape index (κ1) is 15.6. The van der Waals surface area contributed by atoms with Crippen LogP contribution in [-0.2, 0) is 15.7 Å². The molecule has 0 atom stereocenters. The lowest BCUT2D eigenvalue weighted by atomic mass is 9.77. The van der Waals surface area contributed by atoms with E-state index < -0.39 is 0 Å². The van der Waals surface area contributed by atoms with Gasteiger partial charge in [0.15, 0.2) is 0 Å². The van der Waals surface area contributed by atoms with E-state index in [0.29, 0.717) is 0 Å². The molecule has 1 saturated heterocycles. The molecule has 22 heavy (non-hydrogen) atoms. The highest BCUT2D eigenvalue weighted by atomic mass is 16.7. The first-order valence-corrected chi connectivity index (χ1v) is 8.03. The molecule has 0 radical (unpaired) electrons. The van der Waals surface area contributed by atoms with Crippen molar-refractivity contribution in [2.45, 2.75) is 52.2 Å². The Bertz CT molecular complexity index is 596. The minimum absolute atomic E-state index is 0.129. The van der Waals surface area contributed by atoms with Gasteiger partial charge in [-0.05, 0) is 58.1 Å². The summed E-state index contributed by atoms with van der Waals surface area (Å²) in [6.45, 7) is 11.8. The Morgan fingerprint density at radius 3 is 2.41 bits per heavy atom. The highest BCUT2D eigenvalue weighted by Gasteiger charge is 2.51. The Balaban J connectivity index is 1.89. The summed E-state index contributed by atoms with van der Waals surface area (Å²) in [5, 5.41) is 0. The smallest absolute Gasteiger partial charge is 0.399 e. The van der Waals surface area contributed by atoms with Gasteiger partial charge in [0.05, 0.1) is 11.2 Å². The van der Waals surface area contributed by atoms with Gasteiger partial charge in [0.25, 0.3) is 5.91 Å². The molecule has 0 bridgehead atoms. The highest BCUT2D eigenvalue weighted by molar-refractivity contribution is 6.62. The molecular weight excluding hydrogens is 277 g/mol. The fourth-order valence-corrected chi connectivity index (χ4v) is 2.98. The Morgan fingerprint density at radius 1 is 1.18 bits per heavy atom. The minimum Gasteiger partial charge on any atom is -0.399 e. The lowest BCUT2D eigenvalue weighted by Gasteiger charge is -2.32. The molecule has 118 valence electrons. The summed E-state index contributed by atoms with van der Waals surface area (Å²) < 4.78 is 12.2. The van der Waals surface area contributed by atoms with Crippen molar-refractivity contribution in [1.82, 2.24) is 4.90 Å². The number of nitrogens with zero attached hydrogens (tertiary/aromatic N) is 1. The lowest BCUT2D eigenvalue weighted by Crippen LogP contribution is -2.41. The van der Waals surface area contributed by atoms with E-state index in [1.807, 2.05) is 51.7 Å². The zero-order chi connectivity index (χ0) is 16.1. The number of fused-ring (bicyclic) bond motifs is 1. The molecule has 1 amide bonds. The van der Waals surface area contributed by atoms with Crippen molar-refractivity contribution in [3.05, 3.63) is 29.3 Å². The van der Waals surface area contributed by atoms with Gasteiger partial charge in [0, 0.05) is 18.7 Å². The van der Waals surface area contributed by atoms with Crippen molar-refractivity contribution < 1.29 is 14.1 Å². The fourth-order valence-electron chi connectivity index (χ4n) is 2.98. The van der Waals surface area contributed by atoms with Crippen LogP contribution < -0.4 is 5.46 Å². The normalized spacial score (nSPS) is 22.9. The van der Waals surface area contributed by atoms with Crippen LogP contribution in [0.5, 0.6) is 0 Å². The van der Waals surface area contributed by atoms with Crippen molar-refractivity contribution in [2.24, 2.45) is 0 Å². The summed E-state index contributed by atoms with van der Waals surface area (Å²) in [5.41, 5.74) is 2.22. The van der Waals surface area contributed by atoms with Gasteiger partial charge in [0.1, 0.15) is 0 Å². The second kappa shape index (κ2) is 5.10. The second-order valence-electron chi connectivity index (χ2n) is 7.14. The van der Waals surface area contributed by atoms with Crippen LogP contribution in [0.25, 0.3) is 0 Å². The average molecular weight is 301 g/mol. The standard InChI is InChI=1S/C17H24BNO3/c1-6-19-10-9-12-11-13(7-8-14(12)15(19)20)18-21-16(2,3)17(4,5)22-18/h7-8,11H,6,9-10H2,1-5H3. The van der Waals surface area contributed by atoms with Crippen LogP contribution in [0.3, 0.4) is 0 Å². The molecule has 2 aliphatic heterocycles. The van der Waals surface area contributed by atoms with Crippen LogP contribution in [0.4, 0.5) is 0 Å². The summed E-state index contributed by atoms with van der Waals surface area (Å²) in [6.07, 6.45) is 0.891. The van der Waals surface area contributed by atoms with Gasteiger partial charge in [-0.25, -0.2) is 0 Å². The van der Waals surface area contributed by atoms with E-state index in [4.69, 9.17) is 9.31 Å². The van der Waals surface area contributed by atoms with Gasteiger partial charge in [0.2, 0.25) is 0 Å². The monoisotopic (exact) mass is 301 g/mol. The van der Waals surface area contributed by atoms with E-state index in [0.717, 1.165) is 36.1 Å². The third-order valence-corrected chi connectivity index (χ3v) is 5.21. The number of rotatable bonds is 2. The maximum atomic E-state index is 12.3. The van der Waals surface area contributed by atoms with Gasteiger partial charge >= 0.3 is 7.12 Å². The molecular formula is C17H24BNO3. The number of carbonyl (C=O) groups is 1. The SMILES string of the molecule is CCN1CCc2cc(B3OC(C)(C)C(C)(C)O3)ccc2C1=O. The molecule has 4 nitrogen and oxygen atoms in total. The van der Waals surface area contributed by atoms with E-state index in [1.54, 1.807) is 0 Å². The Kier molecular flexibility index (Phi) is 3.61. The highest BCUT2D eigenvalue weighted by Crippen LogP contribution is 2.36. The van der Waals surface area contributed by atoms with Gasteiger partial charge in [-0.2, -0.15) is 0 Å². The van der Waals surface area contributed by atoms with Crippen molar-refractivity contribution in [3.8, 4) is 0 Å². The molecule has 0 aliphatic carbocycles. The van der Waals surface area contributed by atoms with Crippen LogP contribution >= 0.6 is 0 Å². The van der Waals surface area contributed by atoms with E-state index in [2.05, 4.69) is 6.07 Å². The van der Waals surface area contributed by atoms with E-state index in [9.17, 15) is 4.79 Å². The van der Waals surface area contributed by atoms with Crippen molar-refractivity contribution in [3.63, 3.8) is 0 Å². The van der Waals surface area contributed by atoms with E-state index in [1.165, 1.54) is 0 Å². The fraction of sp³-hybridized carbons (Fsp3) is 0.588. The first-order valence-electron chi connectivity index (χ1n) is 8.03. The van der Waals surface area contributed by atoms with Crippen LogP contribution in [0.15, 0.2) is 18.2 Å². The first-order chi connectivity index (χ1) is 10.2. The predicted molar refractivity (Wildman–Crippen MR) is 87.4 cm³/mol. The second-order valence-corrected chi connectivity index (χ2v) is 7.14. The molecule has 0 unspecified atom stereocenters. The average Bonchev–Trinajstić information content (AvgIpc) is 2.67. The number of amides is 1. The number of benzene rings is 1. The number of hydrogen-bond donors (Lipinski definition) is 0. The van der Waals surface area contributed by atoms with Crippen molar-refractivity contribution in [1.29, 1.82) is 0 Å². The van der Waals surface area contributed by atoms with E-state index in [-0.39, 0.29) is 24.2 Å². The quantitative estimate of drug-likeness (QED) is 0.784. The molecule has 0 aromatic heterocycles. The Morgan fingerprint density at radius 2 is 1.82 bits per heavy atom. The topological polar surface area (TPSA) is 38.8 Å². The third-order valence-electron chi connectivity index (χ3n) is 5.21. The Hall–Kier alpha value is -1.33. The maximum Gasteiger partial charge on any atom is 0.494 e. The van der Waals surface area contributed by atoms with Crippen molar-refractivity contribution >= 4 is 18.5 Å². The minimum atomic E-state index is -0.366. The lowest BCUT2D eigenvalue weighted by molar-refractivity contribution is 0.00578. The molecule has 0 saturated carbocycles.